The van der Waals surface area contributed by atoms with Crippen LogP contribution < -0.4 is 5.73 Å². The van der Waals surface area contributed by atoms with Crippen molar-refractivity contribution in [1.29, 1.82) is 0 Å². The highest BCUT2D eigenvalue weighted by atomic mass is 35.5. The molecule has 0 saturated heterocycles. The highest BCUT2D eigenvalue weighted by Crippen LogP contribution is 2.28. The van der Waals surface area contributed by atoms with Gasteiger partial charge in [-0.05, 0) is 43.0 Å². The van der Waals surface area contributed by atoms with Gasteiger partial charge >= 0.3 is 0 Å². The zero-order valence-electron chi connectivity index (χ0n) is 16.0. The number of halogens is 1. The molecule has 0 atom stereocenters. The second-order valence-corrected chi connectivity index (χ2v) is 6.03. The molecule has 0 saturated carbocycles. The van der Waals surface area contributed by atoms with E-state index in [1.165, 1.54) is 6.20 Å². The van der Waals surface area contributed by atoms with Crippen LogP contribution in [0.25, 0.3) is 28.1 Å². The normalized spacial score (nSPS) is 10.7. The van der Waals surface area contributed by atoms with Gasteiger partial charge in [0.25, 0.3) is 0 Å². The number of nitrogens with two attached hydrogens (primary N) is 1. The Hall–Kier alpha value is -2.79. The van der Waals surface area contributed by atoms with Crippen LogP contribution in [-0.2, 0) is 0 Å². The van der Waals surface area contributed by atoms with Crippen molar-refractivity contribution in [3.63, 3.8) is 0 Å². The van der Waals surface area contributed by atoms with Gasteiger partial charge < -0.3 is 5.73 Å². The quantitative estimate of drug-likeness (QED) is 0.495. The third kappa shape index (κ3) is 4.49. The highest BCUT2D eigenvalue weighted by Gasteiger charge is 2.12. The molecule has 3 heterocycles. The first-order chi connectivity index (χ1) is 13.0. The molecule has 0 aromatic carbocycles. The lowest BCUT2D eigenvalue weighted by molar-refractivity contribution is 0.0983. The standard InChI is InChI=1S/C19H17ClN4O.C2H6/c1-3-18(25)17-6-11(2)14(10-22-17)16-7-12-9-23-19(20)8-13(12)15(24-16)4-5-21;1-2/h4-10H,3,21H2,1-2H3;1-2H3/b5-4-;. The molecule has 0 radical (unpaired) electrons. The maximum absolute atomic E-state index is 11.8. The fraction of sp³-hybridized carbons (Fsp3) is 0.238. The minimum absolute atomic E-state index is 0.0201. The zero-order valence-corrected chi connectivity index (χ0v) is 16.7. The predicted molar refractivity (Wildman–Crippen MR) is 112 cm³/mol. The molecule has 6 heteroatoms. The lowest BCUT2D eigenvalue weighted by atomic mass is 10.0. The Kier molecular flexibility index (Phi) is 7.02. The average molecular weight is 383 g/mol. The third-order valence-electron chi connectivity index (χ3n) is 3.96. The van der Waals surface area contributed by atoms with Crippen LogP contribution >= 0.6 is 11.6 Å². The lowest BCUT2D eigenvalue weighted by Gasteiger charge is -2.10. The number of hydrogen-bond acceptors (Lipinski definition) is 5. The van der Waals surface area contributed by atoms with Crippen molar-refractivity contribution < 1.29 is 4.79 Å². The molecule has 0 aliphatic heterocycles. The monoisotopic (exact) mass is 382 g/mol. The number of carbonyl (C=O) groups excluding carboxylic acids is 1. The molecule has 0 spiro atoms. The van der Waals surface area contributed by atoms with E-state index >= 15 is 0 Å². The number of Topliss-reactive ketones (excluding diaryl/α,β-unsaturated/α-hetero) is 1. The second-order valence-electron chi connectivity index (χ2n) is 5.64. The lowest BCUT2D eigenvalue weighted by Crippen LogP contribution is -2.02. The van der Waals surface area contributed by atoms with E-state index in [0.29, 0.717) is 23.0 Å². The molecule has 2 N–H and O–H groups in total. The molecule has 0 amide bonds. The number of pyridine rings is 3. The Morgan fingerprint density at radius 1 is 1.19 bits per heavy atom. The van der Waals surface area contributed by atoms with Crippen LogP contribution in [0, 0.1) is 6.92 Å². The van der Waals surface area contributed by atoms with E-state index in [9.17, 15) is 4.79 Å². The molecule has 0 aliphatic carbocycles. The van der Waals surface area contributed by atoms with Crippen LogP contribution in [0.1, 0.15) is 48.9 Å². The molecule has 0 fully saturated rings. The Labute approximate surface area is 164 Å². The number of aromatic nitrogens is 3. The SMILES string of the molecule is CC.CCC(=O)c1cc(C)c(-c2cc3cnc(Cl)cc3c(/C=C\N)n2)cn1. The minimum atomic E-state index is 0.0201. The summed E-state index contributed by atoms with van der Waals surface area (Å²) in [5, 5.41) is 2.17. The first kappa shape index (κ1) is 20.5. The van der Waals surface area contributed by atoms with Gasteiger partial charge in [-0.2, -0.15) is 0 Å². The molecule has 3 rings (SSSR count). The number of hydrogen-bond donors (Lipinski definition) is 1. The number of rotatable bonds is 4. The first-order valence-electron chi connectivity index (χ1n) is 8.88. The molecule has 5 nitrogen and oxygen atoms in total. The van der Waals surface area contributed by atoms with E-state index in [2.05, 4.69) is 15.0 Å². The van der Waals surface area contributed by atoms with Crippen LogP contribution in [0.3, 0.4) is 0 Å². The van der Waals surface area contributed by atoms with E-state index in [-0.39, 0.29) is 5.78 Å². The van der Waals surface area contributed by atoms with Crippen LogP contribution in [0.15, 0.2) is 36.8 Å². The fourth-order valence-electron chi connectivity index (χ4n) is 2.66. The van der Waals surface area contributed by atoms with Gasteiger partial charge in [-0.3, -0.25) is 9.78 Å². The Balaban J connectivity index is 0.00000126. The summed E-state index contributed by atoms with van der Waals surface area (Å²) in [6.45, 7) is 7.76. The fourth-order valence-corrected chi connectivity index (χ4v) is 2.82. The van der Waals surface area contributed by atoms with Crippen molar-refractivity contribution in [2.75, 3.05) is 0 Å². The summed E-state index contributed by atoms with van der Waals surface area (Å²) in [5.74, 6) is 0.0201. The molecule has 0 unspecified atom stereocenters. The number of nitrogens with zero attached hydrogens (tertiary/aromatic N) is 3. The van der Waals surface area contributed by atoms with Gasteiger partial charge in [-0.1, -0.05) is 32.4 Å². The van der Waals surface area contributed by atoms with Gasteiger partial charge in [0.2, 0.25) is 0 Å². The summed E-state index contributed by atoms with van der Waals surface area (Å²) in [6.07, 6.45) is 6.98. The predicted octanol–water partition coefficient (Wildman–Crippen LogP) is 5.20. The van der Waals surface area contributed by atoms with Crippen molar-refractivity contribution >= 4 is 34.2 Å². The van der Waals surface area contributed by atoms with E-state index in [1.807, 2.05) is 33.8 Å². The number of ketones is 1. The molecular weight excluding hydrogens is 360 g/mol. The summed E-state index contributed by atoms with van der Waals surface area (Å²) < 4.78 is 0. The van der Waals surface area contributed by atoms with E-state index in [1.54, 1.807) is 30.6 Å². The van der Waals surface area contributed by atoms with E-state index in [0.717, 1.165) is 27.6 Å². The molecule has 0 aliphatic rings. The zero-order chi connectivity index (χ0) is 20.0. The summed E-state index contributed by atoms with van der Waals surface area (Å²) >= 11 is 6.00. The maximum atomic E-state index is 11.8. The van der Waals surface area contributed by atoms with Gasteiger partial charge in [0.05, 0.1) is 11.4 Å². The Morgan fingerprint density at radius 2 is 1.93 bits per heavy atom. The number of fused-ring (bicyclic) bond motifs is 1. The second kappa shape index (κ2) is 9.24. The van der Waals surface area contributed by atoms with E-state index < -0.39 is 0 Å². The van der Waals surface area contributed by atoms with Gasteiger partial charge in [0.1, 0.15) is 10.8 Å². The van der Waals surface area contributed by atoms with Crippen molar-refractivity contribution in [3.8, 4) is 11.3 Å². The topological polar surface area (TPSA) is 81.8 Å². The molecule has 3 aromatic rings. The Bertz CT molecular complexity index is 999. The smallest absolute Gasteiger partial charge is 0.180 e. The molecular formula is C21H23ClN4O. The molecule has 3 aromatic heterocycles. The van der Waals surface area contributed by atoms with Crippen molar-refractivity contribution in [2.24, 2.45) is 5.73 Å². The molecule has 140 valence electrons. The summed E-state index contributed by atoms with van der Waals surface area (Å²) in [5.41, 5.74) is 9.26. The largest absolute Gasteiger partial charge is 0.405 e. The molecule has 0 bridgehead atoms. The highest BCUT2D eigenvalue weighted by molar-refractivity contribution is 6.30. The first-order valence-corrected chi connectivity index (χ1v) is 9.26. The van der Waals surface area contributed by atoms with E-state index in [4.69, 9.17) is 17.3 Å². The Morgan fingerprint density at radius 3 is 2.56 bits per heavy atom. The molecule has 27 heavy (non-hydrogen) atoms. The van der Waals surface area contributed by atoms with Crippen molar-refractivity contribution in [3.05, 3.63) is 58.9 Å². The average Bonchev–Trinajstić information content (AvgIpc) is 2.69. The number of aryl methyl sites for hydroxylation is 1. The van der Waals surface area contributed by atoms with Crippen molar-refractivity contribution in [1.82, 2.24) is 15.0 Å². The van der Waals surface area contributed by atoms with Crippen LogP contribution in [0.2, 0.25) is 5.15 Å². The maximum Gasteiger partial charge on any atom is 0.180 e. The van der Waals surface area contributed by atoms with Gasteiger partial charge in [0, 0.05) is 35.2 Å². The third-order valence-corrected chi connectivity index (χ3v) is 4.16. The summed E-state index contributed by atoms with van der Waals surface area (Å²) in [4.78, 5) is 24.9. The number of carbonyl (C=O) groups is 1. The van der Waals surface area contributed by atoms with Crippen LogP contribution in [0.4, 0.5) is 0 Å². The van der Waals surface area contributed by atoms with Gasteiger partial charge in [-0.15, -0.1) is 0 Å². The summed E-state index contributed by atoms with van der Waals surface area (Å²) in [7, 11) is 0. The van der Waals surface area contributed by atoms with Crippen LogP contribution in [0.5, 0.6) is 0 Å². The van der Waals surface area contributed by atoms with Crippen molar-refractivity contribution in [2.45, 2.75) is 34.1 Å². The van der Waals surface area contributed by atoms with Gasteiger partial charge in [0.15, 0.2) is 5.78 Å². The van der Waals surface area contributed by atoms with Crippen LogP contribution in [-0.4, -0.2) is 20.7 Å². The van der Waals surface area contributed by atoms with Gasteiger partial charge in [-0.25, -0.2) is 9.97 Å². The minimum Gasteiger partial charge on any atom is -0.405 e. The summed E-state index contributed by atoms with van der Waals surface area (Å²) in [6, 6.07) is 5.49.